The maximum Gasteiger partial charge on any atom is 0.251 e. The number of rotatable bonds is 9. The number of ether oxygens (including phenoxy) is 1. The fourth-order valence-corrected chi connectivity index (χ4v) is 3.85. The predicted octanol–water partition coefficient (Wildman–Crippen LogP) is 2.65. The van der Waals surface area contributed by atoms with E-state index in [-0.39, 0.29) is 46.5 Å². The van der Waals surface area contributed by atoms with Crippen LogP contribution in [-0.2, 0) is 14.8 Å². The van der Waals surface area contributed by atoms with Gasteiger partial charge in [0, 0.05) is 35.3 Å². The van der Waals surface area contributed by atoms with Crippen LogP contribution in [-0.4, -0.2) is 40.4 Å². The maximum absolute atomic E-state index is 12.5. The Morgan fingerprint density at radius 1 is 1.07 bits per heavy atom. The predicted molar refractivity (Wildman–Crippen MR) is 115 cm³/mol. The van der Waals surface area contributed by atoms with Crippen LogP contribution < -0.4 is 20.1 Å². The Hall–Kier alpha value is -2.62. The maximum atomic E-state index is 12.5. The van der Waals surface area contributed by atoms with Crippen molar-refractivity contribution in [2.45, 2.75) is 18.7 Å². The summed E-state index contributed by atoms with van der Waals surface area (Å²) in [5.74, 6) is -0.462. The molecular formula is C20H24ClN3O5S. The van der Waals surface area contributed by atoms with Gasteiger partial charge in [-0.25, -0.2) is 13.1 Å². The third-order valence-corrected chi connectivity index (χ3v) is 5.77. The van der Waals surface area contributed by atoms with Crippen LogP contribution in [0.1, 0.15) is 24.2 Å². The van der Waals surface area contributed by atoms with Crippen LogP contribution in [0.5, 0.6) is 5.75 Å². The van der Waals surface area contributed by atoms with Gasteiger partial charge < -0.3 is 15.4 Å². The lowest BCUT2D eigenvalue weighted by atomic mass is 10.1. The molecule has 0 bridgehead atoms. The van der Waals surface area contributed by atoms with E-state index in [0.717, 1.165) is 0 Å². The number of halogens is 1. The lowest BCUT2D eigenvalue weighted by Crippen LogP contribution is -2.34. The van der Waals surface area contributed by atoms with Gasteiger partial charge in [0.1, 0.15) is 10.6 Å². The highest BCUT2D eigenvalue weighted by Gasteiger charge is 2.19. The first-order chi connectivity index (χ1) is 14.1. The number of anilines is 1. The molecule has 0 fully saturated rings. The zero-order chi connectivity index (χ0) is 22.3. The zero-order valence-corrected chi connectivity index (χ0v) is 18.4. The number of methoxy groups -OCH3 is 1. The van der Waals surface area contributed by atoms with Gasteiger partial charge in [0.2, 0.25) is 15.9 Å². The highest BCUT2D eigenvalue weighted by atomic mass is 35.5. The Kier molecular flexibility index (Phi) is 8.22. The topological polar surface area (TPSA) is 114 Å². The second-order valence-electron chi connectivity index (χ2n) is 6.67. The molecule has 0 aliphatic rings. The van der Waals surface area contributed by atoms with Crippen LogP contribution >= 0.6 is 11.6 Å². The summed E-state index contributed by atoms with van der Waals surface area (Å²) in [6, 6.07) is 10.7. The quantitative estimate of drug-likeness (QED) is 0.505. The van der Waals surface area contributed by atoms with Gasteiger partial charge in [-0.05, 0) is 42.5 Å². The van der Waals surface area contributed by atoms with E-state index in [2.05, 4.69) is 15.4 Å². The summed E-state index contributed by atoms with van der Waals surface area (Å²) in [5.41, 5.74) is 0.977. The number of carbonyl (C=O) groups is 2. The van der Waals surface area contributed by atoms with Crippen LogP contribution in [0.25, 0.3) is 0 Å². The Morgan fingerprint density at radius 3 is 2.33 bits per heavy atom. The molecule has 8 nitrogen and oxygen atoms in total. The molecule has 0 aliphatic carbocycles. The summed E-state index contributed by atoms with van der Waals surface area (Å²) in [6.45, 7) is 3.63. The lowest BCUT2D eigenvalue weighted by Gasteiger charge is -2.12. The van der Waals surface area contributed by atoms with E-state index in [0.29, 0.717) is 11.3 Å². The number of sulfonamides is 1. The molecule has 0 aliphatic heterocycles. The molecule has 3 N–H and O–H groups in total. The molecule has 0 saturated carbocycles. The molecule has 2 aromatic carbocycles. The van der Waals surface area contributed by atoms with Crippen molar-refractivity contribution in [3.05, 3.63) is 53.1 Å². The molecule has 0 unspecified atom stereocenters. The average Bonchev–Trinajstić information content (AvgIpc) is 2.71. The highest BCUT2D eigenvalue weighted by Crippen LogP contribution is 2.26. The number of benzene rings is 2. The second kappa shape index (κ2) is 10.4. The van der Waals surface area contributed by atoms with E-state index in [1.165, 1.54) is 25.3 Å². The number of carbonyl (C=O) groups excluding carboxylic acids is 2. The van der Waals surface area contributed by atoms with E-state index in [1.807, 2.05) is 0 Å². The molecule has 0 radical (unpaired) electrons. The van der Waals surface area contributed by atoms with Gasteiger partial charge in [0.25, 0.3) is 5.91 Å². The summed E-state index contributed by atoms with van der Waals surface area (Å²) >= 11 is 5.88. The smallest absolute Gasteiger partial charge is 0.251 e. The van der Waals surface area contributed by atoms with E-state index in [4.69, 9.17) is 16.3 Å². The lowest BCUT2D eigenvalue weighted by molar-refractivity contribution is -0.118. The Morgan fingerprint density at radius 2 is 1.73 bits per heavy atom. The van der Waals surface area contributed by atoms with E-state index in [1.54, 1.807) is 38.1 Å². The Labute approximate surface area is 181 Å². The molecule has 162 valence electrons. The summed E-state index contributed by atoms with van der Waals surface area (Å²) in [5, 5.41) is 5.63. The Bertz CT molecular complexity index is 1010. The second-order valence-corrected chi connectivity index (χ2v) is 8.84. The van der Waals surface area contributed by atoms with Gasteiger partial charge in [-0.3, -0.25) is 9.59 Å². The average molecular weight is 454 g/mol. The molecule has 0 aromatic heterocycles. The molecule has 30 heavy (non-hydrogen) atoms. The molecule has 10 heteroatoms. The van der Waals surface area contributed by atoms with Crippen molar-refractivity contribution in [1.82, 2.24) is 10.0 Å². The fourth-order valence-electron chi connectivity index (χ4n) is 2.39. The summed E-state index contributed by atoms with van der Waals surface area (Å²) in [4.78, 5) is 23.8. The van der Waals surface area contributed by atoms with Crippen molar-refractivity contribution in [2.24, 2.45) is 5.92 Å². The van der Waals surface area contributed by atoms with Crippen LogP contribution in [0.4, 0.5) is 5.69 Å². The van der Waals surface area contributed by atoms with Crippen molar-refractivity contribution < 1.29 is 22.7 Å². The van der Waals surface area contributed by atoms with Crippen LogP contribution in [0.3, 0.4) is 0 Å². The zero-order valence-electron chi connectivity index (χ0n) is 16.9. The molecule has 0 heterocycles. The first kappa shape index (κ1) is 23.7. The third kappa shape index (κ3) is 6.45. The van der Waals surface area contributed by atoms with E-state index < -0.39 is 10.0 Å². The fraction of sp³-hybridized carbons (Fsp3) is 0.300. The van der Waals surface area contributed by atoms with Crippen molar-refractivity contribution in [3.8, 4) is 5.75 Å². The standard InChI is InChI=1S/C20H24ClN3O5S/c1-13(2)19(25)24-16-7-4-14(5-8-16)20(26)22-10-11-23-30(27,28)18-12-15(21)6-9-17(18)29-3/h4-9,12-13,23H,10-11H2,1-3H3,(H,22,26)(H,24,25). The summed E-state index contributed by atoms with van der Waals surface area (Å²) < 4.78 is 32.4. The van der Waals surface area contributed by atoms with Crippen LogP contribution in [0.15, 0.2) is 47.4 Å². The molecule has 2 amide bonds. The van der Waals surface area contributed by atoms with E-state index >= 15 is 0 Å². The van der Waals surface area contributed by atoms with Crippen molar-refractivity contribution in [1.29, 1.82) is 0 Å². The summed E-state index contributed by atoms with van der Waals surface area (Å²) in [7, 11) is -2.50. The van der Waals surface area contributed by atoms with Crippen LogP contribution in [0, 0.1) is 5.92 Å². The van der Waals surface area contributed by atoms with Crippen LogP contribution in [0.2, 0.25) is 5.02 Å². The number of amides is 2. The monoisotopic (exact) mass is 453 g/mol. The van der Waals surface area contributed by atoms with Gasteiger partial charge in [0.05, 0.1) is 7.11 Å². The van der Waals surface area contributed by atoms with Crippen molar-refractivity contribution >= 4 is 39.1 Å². The molecule has 0 atom stereocenters. The van der Waals surface area contributed by atoms with Crippen molar-refractivity contribution in [2.75, 3.05) is 25.5 Å². The normalized spacial score (nSPS) is 11.2. The van der Waals surface area contributed by atoms with Gasteiger partial charge in [0.15, 0.2) is 0 Å². The van der Waals surface area contributed by atoms with E-state index in [9.17, 15) is 18.0 Å². The number of hydrogen-bond donors (Lipinski definition) is 3. The first-order valence-corrected chi connectivity index (χ1v) is 11.0. The highest BCUT2D eigenvalue weighted by molar-refractivity contribution is 7.89. The van der Waals surface area contributed by atoms with Gasteiger partial charge in [-0.2, -0.15) is 0 Å². The number of hydrogen-bond acceptors (Lipinski definition) is 5. The number of nitrogens with one attached hydrogen (secondary N) is 3. The minimum atomic E-state index is -3.86. The summed E-state index contributed by atoms with van der Waals surface area (Å²) in [6.07, 6.45) is 0. The first-order valence-electron chi connectivity index (χ1n) is 9.16. The molecular weight excluding hydrogens is 430 g/mol. The largest absolute Gasteiger partial charge is 0.495 e. The molecule has 2 rings (SSSR count). The van der Waals surface area contributed by atoms with Gasteiger partial charge >= 0.3 is 0 Å². The molecule has 2 aromatic rings. The third-order valence-electron chi connectivity index (χ3n) is 4.06. The SMILES string of the molecule is COc1ccc(Cl)cc1S(=O)(=O)NCCNC(=O)c1ccc(NC(=O)C(C)C)cc1. The minimum absolute atomic E-state index is 0.0216. The minimum Gasteiger partial charge on any atom is -0.495 e. The molecule has 0 saturated heterocycles. The van der Waals surface area contributed by atoms with Gasteiger partial charge in [-0.15, -0.1) is 0 Å². The Balaban J connectivity index is 1.89. The van der Waals surface area contributed by atoms with Gasteiger partial charge in [-0.1, -0.05) is 25.4 Å². The van der Waals surface area contributed by atoms with Crippen molar-refractivity contribution in [3.63, 3.8) is 0 Å². The molecule has 0 spiro atoms.